The van der Waals surface area contributed by atoms with Crippen LogP contribution in [0.15, 0.2) is 54.6 Å². The first-order chi connectivity index (χ1) is 13.6. The highest BCUT2D eigenvalue weighted by Gasteiger charge is 2.37. The minimum absolute atomic E-state index is 0.0955. The van der Waals surface area contributed by atoms with Crippen molar-refractivity contribution in [3.05, 3.63) is 71.3 Å². The van der Waals surface area contributed by atoms with Crippen molar-refractivity contribution < 1.29 is 9.59 Å². The number of nitrogens with zero attached hydrogens (tertiary/aromatic N) is 2. The van der Waals surface area contributed by atoms with Gasteiger partial charge < -0.3 is 9.80 Å². The zero-order valence-corrected chi connectivity index (χ0v) is 16.5. The van der Waals surface area contributed by atoms with Gasteiger partial charge in [-0.1, -0.05) is 60.2 Å². The first-order valence-corrected chi connectivity index (χ1v) is 10.3. The Labute approximate surface area is 167 Å². The zero-order chi connectivity index (χ0) is 19.5. The highest BCUT2D eigenvalue weighted by atomic mass is 16.2. The monoisotopic (exact) mass is 376 g/mol. The van der Waals surface area contributed by atoms with E-state index in [4.69, 9.17) is 0 Å². The topological polar surface area (TPSA) is 40.6 Å². The molecule has 0 saturated carbocycles. The van der Waals surface area contributed by atoms with Gasteiger partial charge in [0.15, 0.2) is 0 Å². The van der Waals surface area contributed by atoms with Gasteiger partial charge in [0, 0.05) is 32.6 Å². The third kappa shape index (κ3) is 4.11. The second-order valence-electron chi connectivity index (χ2n) is 8.17. The van der Waals surface area contributed by atoms with Crippen molar-refractivity contribution in [1.82, 2.24) is 9.80 Å². The Bertz CT molecular complexity index is 823. The minimum Gasteiger partial charge on any atom is -0.342 e. The van der Waals surface area contributed by atoms with E-state index in [2.05, 4.69) is 55.5 Å². The SMILES string of the molecule is Cc1ccc(CN2CC(C(=O)N3CCC(c4ccccc4)CC3)CC2=O)cc1. The largest absolute Gasteiger partial charge is 0.342 e. The van der Waals surface area contributed by atoms with E-state index in [-0.39, 0.29) is 17.7 Å². The lowest BCUT2D eigenvalue weighted by molar-refractivity contribution is -0.136. The third-order valence-electron chi connectivity index (χ3n) is 6.14. The number of carbonyl (C=O) groups excluding carboxylic acids is 2. The van der Waals surface area contributed by atoms with Crippen molar-refractivity contribution >= 4 is 11.8 Å². The number of hydrogen-bond donors (Lipinski definition) is 0. The van der Waals surface area contributed by atoms with Crippen molar-refractivity contribution in [2.24, 2.45) is 5.92 Å². The van der Waals surface area contributed by atoms with Gasteiger partial charge in [0.1, 0.15) is 0 Å². The summed E-state index contributed by atoms with van der Waals surface area (Å²) in [5.74, 6) is 0.601. The molecule has 4 heteroatoms. The summed E-state index contributed by atoms with van der Waals surface area (Å²) in [6.45, 7) is 4.78. The van der Waals surface area contributed by atoms with E-state index in [0.717, 1.165) is 31.5 Å². The second-order valence-corrected chi connectivity index (χ2v) is 8.17. The Morgan fingerprint density at radius 3 is 2.36 bits per heavy atom. The molecule has 2 heterocycles. The van der Waals surface area contributed by atoms with E-state index in [9.17, 15) is 9.59 Å². The molecule has 0 N–H and O–H groups in total. The average Bonchev–Trinajstić information content (AvgIpc) is 3.10. The fraction of sp³-hybridized carbons (Fsp3) is 0.417. The van der Waals surface area contributed by atoms with Gasteiger partial charge in [0.2, 0.25) is 11.8 Å². The standard InChI is InChI=1S/C24H28N2O2/c1-18-7-9-19(10-8-18)16-26-17-22(15-23(26)27)24(28)25-13-11-21(12-14-25)20-5-3-2-4-6-20/h2-10,21-22H,11-17H2,1H3. The molecule has 146 valence electrons. The highest BCUT2D eigenvalue weighted by molar-refractivity contribution is 5.89. The molecule has 2 aliphatic heterocycles. The summed E-state index contributed by atoms with van der Waals surface area (Å²) in [4.78, 5) is 29.2. The predicted molar refractivity (Wildman–Crippen MR) is 110 cm³/mol. The molecule has 1 atom stereocenters. The van der Waals surface area contributed by atoms with Crippen molar-refractivity contribution in [1.29, 1.82) is 0 Å². The molecule has 4 nitrogen and oxygen atoms in total. The molecule has 2 fully saturated rings. The molecule has 28 heavy (non-hydrogen) atoms. The summed E-state index contributed by atoms with van der Waals surface area (Å²) >= 11 is 0. The maximum absolute atomic E-state index is 13.0. The average molecular weight is 377 g/mol. The Morgan fingerprint density at radius 1 is 1.00 bits per heavy atom. The number of carbonyl (C=O) groups is 2. The van der Waals surface area contributed by atoms with Crippen LogP contribution in [0.2, 0.25) is 0 Å². The van der Waals surface area contributed by atoms with Crippen LogP contribution in [0.1, 0.15) is 41.9 Å². The predicted octanol–water partition coefficient (Wildman–Crippen LogP) is 3.75. The Kier molecular flexibility index (Phi) is 5.47. The number of benzene rings is 2. The molecule has 0 radical (unpaired) electrons. The molecule has 2 aliphatic rings. The van der Waals surface area contributed by atoms with Gasteiger partial charge in [0.05, 0.1) is 5.92 Å². The Hall–Kier alpha value is -2.62. The summed E-state index contributed by atoms with van der Waals surface area (Å²) in [7, 11) is 0. The van der Waals surface area contributed by atoms with Crippen LogP contribution in [-0.4, -0.2) is 41.2 Å². The van der Waals surface area contributed by atoms with E-state index in [1.807, 2.05) is 15.9 Å². The van der Waals surface area contributed by atoms with E-state index >= 15 is 0 Å². The fourth-order valence-corrected chi connectivity index (χ4v) is 4.42. The van der Waals surface area contributed by atoms with Gasteiger partial charge in [-0.25, -0.2) is 0 Å². The molecule has 4 rings (SSSR count). The van der Waals surface area contributed by atoms with Gasteiger partial charge in [-0.2, -0.15) is 0 Å². The van der Waals surface area contributed by atoms with Crippen LogP contribution in [0, 0.1) is 12.8 Å². The normalized spacial score (nSPS) is 20.6. The quantitative estimate of drug-likeness (QED) is 0.815. The van der Waals surface area contributed by atoms with Gasteiger partial charge >= 0.3 is 0 Å². The first-order valence-electron chi connectivity index (χ1n) is 10.3. The molecule has 2 saturated heterocycles. The molecule has 2 aromatic rings. The molecule has 0 aromatic heterocycles. The molecular formula is C24H28N2O2. The summed E-state index contributed by atoms with van der Waals surface area (Å²) in [6, 6.07) is 18.8. The van der Waals surface area contributed by atoms with Gasteiger partial charge in [-0.05, 0) is 36.8 Å². The first kappa shape index (κ1) is 18.7. The van der Waals surface area contributed by atoms with Crippen molar-refractivity contribution in [3.8, 4) is 0 Å². The summed E-state index contributed by atoms with van der Waals surface area (Å²) < 4.78 is 0. The maximum atomic E-state index is 13.0. The molecule has 1 unspecified atom stereocenters. The summed E-state index contributed by atoms with van der Waals surface area (Å²) in [5, 5.41) is 0. The number of aryl methyl sites for hydroxylation is 1. The Morgan fingerprint density at radius 2 is 1.68 bits per heavy atom. The van der Waals surface area contributed by atoms with E-state index < -0.39 is 0 Å². The zero-order valence-electron chi connectivity index (χ0n) is 16.5. The summed E-state index contributed by atoms with van der Waals surface area (Å²) in [5.41, 5.74) is 3.70. The lowest BCUT2D eigenvalue weighted by atomic mass is 9.89. The van der Waals surface area contributed by atoms with E-state index in [1.165, 1.54) is 11.1 Å². The minimum atomic E-state index is -0.189. The van der Waals surface area contributed by atoms with Crippen LogP contribution in [0.5, 0.6) is 0 Å². The molecule has 0 bridgehead atoms. The lowest BCUT2D eigenvalue weighted by Crippen LogP contribution is -2.42. The number of hydrogen-bond acceptors (Lipinski definition) is 2. The van der Waals surface area contributed by atoms with Gasteiger partial charge in [0.25, 0.3) is 0 Å². The molecular weight excluding hydrogens is 348 g/mol. The molecule has 0 spiro atoms. The van der Waals surface area contributed by atoms with Crippen molar-refractivity contribution in [3.63, 3.8) is 0 Å². The van der Waals surface area contributed by atoms with Crippen LogP contribution in [0.4, 0.5) is 0 Å². The lowest BCUT2D eigenvalue weighted by Gasteiger charge is -2.33. The van der Waals surface area contributed by atoms with E-state index in [1.54, 1.807) is 0 Å². The van der Waals surface area contributed by atoms with Crippen LogP contribution in [0.25, 0.3) is 0 Å². The number of rotatable bonds is 4. The van der Waals surface area contributed by atoms with Crippen molar-refractivity contribution in [2.45, 2.75) is 38.6 Å². The Balaban J connectivity index is 1.32. The van der Waals surface area contributed by atoms with Crippen molar-refractivity contribution in [2.75, 3.05) is 19.6 Å². The number of piperidine rings is 1. The van der Waals surface area contributed by atoms with E-state index in [0.29, 0.717) is 25.4 Å². The number of amides is 2. The van der Waals surface area contributed by atoms with Crippen LogP contribution in [0.3, 0.4) is 0 Å². The van der Waals surface area contributed by atoms with Crippen LogP contribution < -0.4 is 0 Å². The molecule has 2 amide bonds. The third-order valence-corrected chi connectivity index (χ3v) is 6.14. The van der Waals surface area contributed by atoms with Crippen LogP contribution in [-0.2, 0) is 16.1 Å². The molecule has 0 aliphatic carbocycles. The second kappa shape index (κ2) is 8.17. The molecule has 2 aromatic carbocycles. The van der Waals surface area contributed by atoms with Gasteiger partial charge in [-0.3, -0.25) is 9.59 Å². The number of likely N-dealkylation sites (tertiary alicyclic amines) is 2. The highest BCUT2D eigenvalue weighted by Crippen LogP contribution is 2.30. The smallest absolute Gasteiger partial charge is 0.227 e. The van der Waals surface area contributed by atoms with Crippen LogP contribution >= 0.6 is 0 Å². The fourth-order valence-electron chi connectivity index (χ4n) is 4.42. The maximum Gasteiger partial charge on any atom is 0.227 e. The van der Waals surface area contributed by atoms with Gasteiger partial charge in [-0.15, -0.1) is 0 Å². The summed E-state index contributed by atoms with van der Waals surface area (Å²) in [6.07, 6.45) is 2.36.